The molecular weight excluding hydrogens is 374 g/mol. The predicted molar refractivity (Wildman–Crippen MR) is 114 cm³/mol. The van der Waals surface area contributed by atoms with Crippen LogP contribution in [-0.2, 0) is 15.0 Å². The van der Waals surface area contributed by atoms with Crippen molar-refractivity contribution in [1.29, 1.82) is 0 Å². The van der Waals surface area contributed by atoms with Crippen LogP contribution < -0.4 is 9.64 Å². The van der Waals surface area contributed by atoms with Gasteiger partial charge in [-0.15, -0.1) is 0 Å². The fourth-order valence-electron chi connectivity index (χ4n) is 6.20. The Bertz CT molecular complexity index is 1180. The summed E-state index contributed by atoms with van der Waals surface area (Å²) in [7, 11) is 1.56. The molecule has 3 aromatic carbocycles. The predicted octanol–water partition coefficient (Wildman–Crippen LogP) is 4.27. The fourth-order valence-corrected chi connectivity index (χ4v) is 6.20. The second-order valence-electron chi connectivity index (χ2n) is 8.54. The number of anilines is 1. The van der Waals surface area contributed by atoms with E-state index in [0.29, 0.717) is 11.4 Å². The van der Waals surface area contributed by atoms with Crippen molar-refractivity contribution in [2.24, 2.45) is 11.8 Å². The Balaban J connectivity index is 1.62. The van der Waals surface area contributed by atoms with Crippen molar-refractivity contribution >= 4 is 17.5 Å². The first kappa shape index (κ1) is 17.5. The quantitative estimate of drug-likeness (QED) is 0.609. The Hall–Kier alpha value is -3.40. The van der Waals surface area contributed by atoms with Gasteiger partial charge in [0.15, 0.2) is 0 Å². The minimum absolute atomic E-state index is 0.111. The van der Waals surface area contributed by atoms with Gasteiger partial charge in [0.05, 0.1) is 24.6 Å². The minimum Gasteiger partial charge on any atom is -0.495 e. The molecule has 2 bridgehead atoms. The van der Waals surface area contributed by atoms with Crippen molar-refractivity contribution in [2.45, 2.75) is 18.3 Å². The zero-order chi connectivity index (χ0) is 20.6. The van der Waals surface area contributed by atoms with E-state index in [4.69, 9.17) is 4.74 Å². The summed E-state index contributed by atoms with van der Waals surface area (Å²) in [6, 6.07) is 23.9. The summed E-state index contributed by atoms with van der Waals surface area (Å²) in [5.74, 6) is -0.673. The van der Waals surface area contributed by atoms with Gasteiger partial charge < -0.3 is 4.74 Å². The molecule has 0 unspecified atom stereocenters. The van der Waals surface area contributed by atoms with Crippen molar-refractivity contribution in [3.63, 3.8) is 0 Å². The number of carbonyl (C=O) groups is 2. The summed E-state index contributed by atoms with van der Waals surface area (Å²) in [6.07, 6.45) is 0. The van der Waals surface area contributed by atoms with E-state index in [-0.39, 0.29) is 17.7 Å². The smallest absolute Gasteiger partial charge is 0.239 e. The second kappa shape index (κ2) is 5.82. The molecule has 2 atom stereocenters. The molecule has 1 heterocycles. The molecule has 2 amide bonds. The summed E-state index contributed by atoms with van der Waals surface area (Å²) >= 11 is 0. The van der Waals surface area contributed by atoms with Crippen LogP contribution in [-0.4, -0.2) is 18.9 Å². The molecule has 1 saturated heterocycles. The number of carbonyl (C=O) groups excluding carboxylic acids is 2. The van der Waals surface area contributed by atoms with Crippen LogP contribution in [0, 0.1) is 11.8 Å². The van der Waals surface area contributed by atoms with Gasteiger partial charge in [-0.3, -0.25) is 9.59 Å². The third-order valence-corrected chi connectivity index (χ3v) is 7.37. The molecule has 0 N–H and O–H groups in total. The summed E-state index contributed by atoms with van der Waals surface area (Å²) in [4.78, 5) is 29.1. The largest absolute Gasteiger partial charge is 0.495 e. The Morgan fingerprint density at radius 1 is 0.800 bits per heavy atom. The number of hydrogen-bond acceptors (Lipinski definition) is 3. The highest BCUT2D eigenvalue weighted by Crippen LogP contribution is 2.64. The number of ether oxygens (including phenoxy) is 1. The first-order valence-corrected chi connectivity index (χ1v) is 10.3. The monoisotopic (exact) mass is 395 g/mol. The van der Waals surface area contributed by atoms with Gasteiger partial charge in [-0.2, -0.15) is 0 Å². The van der Waals surface area contributed by atoms with Crippen molar-refractivity contribution in [3.05, 3.63) is 95.1 Å². The topological polar surface area (TPSA) is 46.6 Å². The molecule has 7 rings (SSSR count). The zero-order valence-electron chi connectivity index (χ0n) is 16.8. The lowest BCUT2D eigenvalue weighted by Gasteiger charge is -2.52. The Morgan fingerprint density at radius 3 is 2.00 bits per heavy atom. The van der Waals surface area contributed by atoms with E-state index in [1.54, 1.807) is 19.2 Å². The van der Waals surface area contributed by atoms with Gasteiger partial charge in [-0.05, 0) is 34.4 Å². The van der Waals surface area contributed by atoms with E-state index in [1.807, 2.05) is 36.4 Å². The van der Waals surface area contributed by atoms with Crippen molar-refractivity contribution < 1.29 is 14.3 Å². The maximum atomic E-state index is 13.9. The van der Waals surface area contributed by atoms with Gasteiger partial charge >= 0.3 is 0 Å². The first-order chi connectivity index (χ1) is 14.6. The summed E-state index contributed by atoms with van der Waals surface area (Å²) in [5.41, 5.74) is 4.65. The molecule has 1 fully saturated rings. The van der Waals surface area contributed by atoms with Crippen LogP contribution in [0.3, 0.4) is 0 Å². The van der Waals surface area contributed by atoms with Crippen LogP contribution in [0.15, 0.2) is 72.8 Å². The fraction of sp³-hybridized carbons (Fsp3) is 0.231. The third kappa shape index (κ3) is 1.87. The van der Waals surface area contributed by atoms with Crippen LogP contribution in [0.25, 0.3) is 0 Å². The average Bonchev–Trinajstić information content (AvgIpc) is 3.05. The molecule has 148 valence electrons. The standard InChI is InChI=1S/C26H21NO3/c1-26-17-11-5-3-9-15(17)21(16-10-4-6-12-18(16)26)22-23(26)25(29)27(24(22)28)19-13-7-8-14-20(19)30-2/h3-14,21-23H,1-2H3/t21?,22-,23+,26?/m1/s1. The van der Waals surface area contributed by atoms with Crippen molar-refractivity contribution in [1.82, 2.24) is 0 Å². The Kier molecular flexibility index (Phi) is 3.39. The number of amides is 2. The second-order valence-corrected chi connectivity index (χ2v) is 8.54. The van der Waals surface area contributed by atoms with Crippen LogP contribution in [0.5, 0.6) is 5.75 Å². The summed E-state index contributed by atoms with van der Waals surface area (Å²) < 4.78 is 5.48. The highest BCUT2D eigenvalue weighted by Gasteiger charge is 2.66. The molecule has 3 aliphatic carbocycles. The summed E-state index contributed by atoms with van der Waals surface area (Å²) in [5, 5.41) is 0. The van der Waals surface area contributed by atoms with E-state index < -0.39 is 17.3 Å². The maximum absolute atomic E-state index is 13.9. The van der Waals surface area contributed by atoms with Gasteiger partial charge in [0.1, 0.15) is 5.75 Å². The number of methoxy groups -OCH3 is 1. The van der Waals surface area contributed by atoms with Crippen LogP contribution >= 0.6 is 0 Å². The average molecular weight is 395 g/mol. The van der Waals surface area contributed by atoms with Gasteiger partial charge in [0.25, 0.3) is 0 Å². The number of rotatable bonds is 2. The number of benzene rings is 3. The highest BCUT2D eigenvalue weighted by molar-refractivity contribution is 6.24. The van der Waals surface area contributed by atoms with Crippen molar-refractivity contribution in [3.8, 4) is 5.75 Å². The Morgan fingerprint density at radius 2 is 1.37 bits per heavy atom. The third-order valence-electron chi connectivity index (χ3n) is 7.37. The van der Waals surface area contributed by atoms with Crippen LogP contribution in [0.4, 0.5) is 5.69 Å². The van der Waals surface area contributed by atoms with E-state index in [2.05, 4.69) is 31.2 Å². The van der Waals surface area contributed by atoms with Gasteiger partial charge in [0, 0.05) is 11.3 Å². The Labute approximate surface area is 175 Å². The molecule has 0 spiro atoms. The van der Waals surface area contributed by atoms with E-state index in [0.717, 1.165) is 11.1 Å². The molecule has 30 heavy (non-hydrogen) atoms. The molecule has 4 aliphatic rings. The van der Waals surface area contributed by atoms with Gasteiger partial charge in [-0.1, -0.05) is 67.6 Å². The van der Waals surface area contributed by atoms with E-state index in [1.165, 1.54) is 16.0 Å². The summed E-state index contributed by atoms with van der Waals surface area (Å²) in [6.45, 7) is 2.13. The molecule has 3 aromatic rings. The molecular formula is C26H21NO3. The van der Waals surface area contributed by atoms with Gasteiger partial charge in [-0.25, -0.2) is 4.90 Å². The minimum atomic E-state index is -0.546. The first-order valence-electron chi connectivity index (χ1n) is 10.3. The lowest BCUT2D eigenvalue weighted by molar-refractivity contribution is -0.123. The number of hydrogen-bond donors (Lipinski definition) is 0. The lowest BCUT2D eigenvalue weighted by Crippen LogP contribution is -2.51. The number of nitrogens with zero attached hydrogens (tertiary/aromatic N) is 1. The molecule has 0 radical (unpaired) electrons. The number of imide groups is 1. The van der Waals surface area contributed by atoms with Crippen LogP contribution in [0.2, 0.25) is 0 Å². The van der Waals surface area contributed by atoms with E-state index in [9.17, 15) is 9.59 Å². The highest BCUT2D eigenvalue weighted by atomic mass is 16.5. The SMILES string of the molecule is COc1ccccc1N1C(=O)[C@@H]2C3c4ccccc4C(C)(c4ccccc43)[C@@H]2C1=O. The van der Waals surface area contributed by atoms with Crippen LogP contribution in [0.1, 0.15) is 35.1 Å². The van der Waals surface area contributed by atoms with Gasteiger partial charge in [0.2, 0.25) is 11.8 Å². The zero-order valence-corrected chi connectivity index (χ0v) is 16.8. The molecule has 0 saturated carbocycles. The molecule has 0 aromatic heterocycles. The molecule has 4 heteroatoms. The normalized spacial score (nSPS) is 28.2. The van der Waals surface area contributed by atoms with E-state index >= 15 is 0 Å². The maximum Gasteiger partial charge on any atom is 0.239 e. The molecule has 4 nitrogen and oxygen atoms in total. The van der Waals surface area contributed by atoms with Crippen molar-refractivity contribution in [2.75, 3.05) is 12.0 Å². The molecule has 1 aliphatic heterocycles. The number of para-hydroxylation sites is 2. The lowest BCUT2D eigenvalue weighted by atomic mass is 9.48.